The molecule has 0 aliphatic rings. The molecule has 0 bridgehead atoms. The maximum absolute atomic E-state index is 8.00. The van der Waals surface area contributed by atoms with Crippen LogP contribution in [0.3, 0.4) is 0 Å². The van der Waals surface area contributed by atoms with E-state index in [1.165, 1.54) is 10.8 Å². The van der Waals surface area contributed by atoms with E-state index >= 15 is 0 Å². The van der Waals surface area contributed by atoms with Gasteiger partial charge in [0.25, 0.3) is 0 Å². The molecule has 112 valence electrons. The van der Waals surface area contributed by atoms with Gasteiger partial charge in [0, 0.05) is 44.9 Å². The minimum Gasteiger partial charge on any atom is -0.307 e. The Morgan fingerprint density at radius 3 is 1.30 bits per heavy atom. The number of carbonyl (C=O) groups excluding carboxylic acids is 1. The van der Waals surface area contributed by atoms with Gasteiger partial charge in [-0.3, -0.25) is 9.97 Å². The van der Waals surface area contributed by atoms with Crippen LogP contribution in [0.15, 0.2) is 85.2 Å². The molecule has 0 radical (unpaired) electrons. The molecule has 0 unspecified atom stereocenters. The number of para-hydroxylation sites is 2. The largest absolute Gasteiger partial charge is 0.307 e. The van der Waals surface area contributed by atoms with Gasteiger partial charge in [0.2, 0.25) is 0 Å². The molecule has 0 aliphatic heterocycles. The van der Waals surface area contributed by atoms with Gasteiger partial charge in [0.05, 0.1) is 11.0 Å². The third-order valence-corrected chi connectivity index (χ3v) is 3.02. The fourth-order valence-corrected chi connectivity index (χ4v) is 2.03. The summed E-state index contributed by atoms with van der Waals surface area (Å²) in [7, 11) is 0. The summed E-state index contributed by atoms with van der Waals surface area (Å²) >= 11 is 0. The van der Waals surface area contributed by atoms with Crippen molar-refractivity contribution in [2.75, 3.05) is 0 Å². The molecule has 4 aromatic rings. The second kappa shape index (κ2) is 10.4. The minimum absolute atomic E-state index is 0. The number of rotatable bonds is 0. The summed E-state index contributed by atoms with van der Waals surface area (Å²) in [6.07, 6.45) is 3.62. The van der Waals surface area contributed by atoms with Crippen molar-refractivity contribution in [3.8, 4) is 0 Å². The van der Waals surface area contributed by atoms with Crippen molar-refractivity contribution in [2.24, 2.45) is 0 Å². The molecular formula is C19H16N2OTi. The van der Waals surface area contributed by atoms with Gasteiger partial charge >= 0.3 is 0 Å². The zero-order valence-electron chi connectivity index (χ0n) is 12.6. The van der Waals surface area contributed by atoms with Crippen LogP contribution in [-0.4, -0.2) is 16.8 Å². The van der Waals surface area contributed by atoms with Gasteiger partial charge in [-0.15, -0.1) is 0 Å². The predicted octanol–water partition coefficient (Wildman–Crippen LogP) is 4.28. The number of aromatic nitrogens is 2. The van der Waals surface area contributed by atoms with Crippen molar-refractivity contribution in [3.05, 3.63) is 85.2 Å². The number of hydrogen-bond donors (Lipinski definition) is 0. The first-order chi connectivity index (χ1) is 10.9. The standard InChI is InChI=1S/2C9H7N.CH2O.Ti/c2*1-2-6-9-8(4-1)5-3-7-10-9;1-2;/h2*1-7H;1H2;. The van der Waals surface area contributed by atoms with Crippen molar-refractivity contribution in [3.63, 3.8) is 0 Å². The van der Waals surface area contributed by atoms with Gasteiger partial charge < -0.3 is 4.79 Å². The summed E-state index contributed by atoms with van der Waals surface area (Å²) in [6, 6.07) is 24.2. The van der Waals surface area contributed by atoms with Crippen LogP contribution in [0.4, 0.5) is 0 Å². The van der Waals surface area contributed by atoms with E-state index in [2.05, 4.69) is 34.2 Å². The molecule has 23 heavy (non-hydrogen) atoms. The zero-order valence-corrected chi connectivity index (χ0v) is 14.2. The quantitative estimate of drug-likeness (QED) is 0.450. The van der Waals surface area contributed by atoms with Gasteiger partial charge in [-0.05, 0) is 24.3 Å². The second-order valence-electron chi connectivity index (χ2n) is 4.39. The Morgan fingerprint density at radius 2 is 0.913 bits per heavy atom. The number of fused-ring (bicyclic) bond motifs is 2. The number of nitrogens with zero attached hydrogens (tertiary/aromatic N) is 2. The van der Waals surface area contributed by atoms with Crippen molar-refractivity contribution in [1.82, 2.24) is 9.97 Å². The van der Waals surface area contributed by atoms with Crippen LogP contribution >= 0.6 is 0 Å². The van der Waals surface area contributed by atoms with E-state index in [0.717, 1.165) is 11.0 Å². The summed E-state index contributed by atoms with van der Waals surface area (Å²) < 4.78 is 0. The molecule has 2 aromatic carbocycles. The molecule has 4 rings (SSSR count). The fraction of sp³-hybridized carbons (Fsp3) is 0. The Kier molecular flexibility index (Phi) is 8.44. The SMILES string of the molecule is C=O.[Ti].c1ccc2ncccc2c1.c1ccc2ncccc2c1. The molecule has 0 N–H and O–H groups in total. The minimum atomic E-state index is 0. The van der Waals surface area contributed by atoms with Crippen LogP contribution in [0.1, 0.15) is 0 Å². The first kappa shape index (κ1) is 18.7. The summed E-state index contributed by atoms with van der Waals surface area (Å²) in [5, 5.41) is 2.40. The molecule has 2 aromatic heterocycles. The van der Waals surface area contributed by atoms with Crippen LogP contribution in [0, 0.1) is 0 Å². The third kappa shape index (κ3) is 5.40. The molecule has 0 saturated carbocycles. The Hall–Kier alpha value is -2.36. The molecule has 0 spiro atoms. The van der Waals surface area contributed by atoms with Crippen molar-refractivity contribution < 1.29 is 26.5 Å². The molecule has 4 heteroatoms. The fourth-order valence-electron chi connectivity index (χ4n) is 2.03. The van der Waals surface area contributed by atoms with Gasteiger partial charge in [0.1, 0.15) is 6.79 Å². The van der Waals surface area contributed by atoms with E-state index in [1.807, 2.05) is 67.7 Å². The topological polar surface area (TPSA) is 42.9 Å². The number of pyridine rings is 2. The van der Waals surface area contributed by atoms with Crippen LogP contribution in [0.2, 0.25) is 0 Å². The Morgan fingerprint density at radius 1 is 0.565 bits per heavy atom. The van der Waals surface area contributed by atoms with Gasteiger partial charge in [-0.1, -0.05) is 48.5 Å². The number of carbonyl (C=O) groups is 1. The second-order valence-corrected chi connectivity index (χ2v) is 4.39. The van der Waals surface area contributed by atoms with Crippen LogP contribution in [0.25, 0.3) is 21.8 Å². The van der Waals surface area contributed by atoms with Gasteiger partial charge in [-0.2, -0.15) is 0 Å². The maximum atomic E-state index is 8.00. The number of hydrogen-bond acceptors (Lipinski definition) is 3. The summed E-state index contributed by atoms with van der Waals surface area (Å²) in [5.74, 6) is 0. The first-order valence-electron chi connectivity index (χ1n) is 6.82. The summed E-state index contributed by atoms with van der Waals surface area (Å²) in [4.78, 5) is 16.4. The number of benzene rings is 2. The average Bonchev–Trinajstić information content (AvgIpc) is 2.64. The average molecular weight is 336 g/mol. The molecular weight excluding hydrogens is 320 g/mol. The first-order valence-corrected chi connectivity index (χ1v) is 6.82. The van der Waals surface area contributed by atoms with E-state index < -0.39 is 0 Å². The monoisotopic (exact) mass is 336 g/mol. The molecule has 0 atom stereocenters. The van der Waals surface area contributed by atoms with Gasteiger partial charge in [0.15, 0.2) is 0 Å². The molecule has 0 fully saturated rings. The molecule has 2 heterocycles. The Bertz CT molecular complexity index is 650. The molecule has 0 saturated heterocycles. The van der Waals surface area contributed by atoms with E-state index in [1.54, 1.807) is 0 Å². The normalized spacial score (nSPS) is 8.87. The maximum Gasteiger partial charge on any atom is 0.106 e. The molecule has 0 amide bonds. The smallest absolute Gasteiger partial charge is 0.106 e. The van der Waals surface area contributed by atoms with E-state index in [4.69, 9.17) is 4.79 Å². The predicted molar refractivity (Wildman–Crippen MR) is 90.6 cm³/mol. The zero-order chi connectivity index (χ0) is 15.6. The molecule has 0 aliphatic carbocycles. The van der Waals surface area contributed by atoms with Crippen molar-refractivity contribution in [1.29, 1.82) is 0 Å². The van der Waals surface area contributed by atoms with Crippen LogP contribution in [-0.2, 0) is 26.5 Å². The van der Waals surface area contributed by atoms with Crippen LogP contribution < -0.4 is 0 Å². The van der Waals surface area contributed by atoms with E-state index in [9.17, 15) is 0 Å². The summed E-state index contributed by atoms with van der Waals surface area (Å²) in [6.45, 7) is 2.00. The third-order valence-electron chi connectivity index (χ3n) is 3.02. The van der Waals surface area contributed by atoms with E-state index in [-0.39, 0.29) is 21.7 Å². The molecule has 3 nitrogen and oxygen atoms in total. The van der Waals surface area contributed by atoms with Crippen LogP contribution in [0.5, 0.6) is 0 Å². The summed E-state index contributed by atoms with van der Waals surface area (Å²) in [5.41, 5.74) is 2.12. The Balaban J connectivity index is 0.000000200. The van der Waals surface area contributed by atoms with Gasteiger partial charge in [-0.25, -0.2) is 0 Å². The van der Waals surface area contributed by atoms with Crippen molar-refractivity contribution >= 4 is 28.6 Å². The van der Waals surface area contributed by atoms with Crippen molar-refractivity contribution in [2.45, 2.75) is 0 Å². The Labute approximate surface area is 150 Å². The van der Waals surface area contributed by atoms with E-state index in [0.29, 0.717) is 0 Å².